The fourth-order valence-electron chi connectivity index (χ4n) is 1.57. The number of carbonyl (C=O) groups excluding carboxylic acids is 1. The molecule has 0 unspecified atom stereocenters. The molecule has 2 aromatic rings. The summed E-state index contributed by atoms with van der Waals surface area (Å²) >= 11 is 0. The summed E-state index contributed by atoms with van der Waals surface area (Å²) in [4.78, 5) is 15.7. The molecule has 1 N–H and O–H groups in total. The molecule has 88 valence electrons. The van der Waals surface area contributed by atoms with Crippen molar-refractivity contribution in [2.45, 2.75) is 20.3 Å². The van der Waals surface area contributed by atoms with E-state index >= 15 is 0 Å². The van der Waals surface area contributed by atoms with Crippen molar-refractivity contribution in [3.05, 3.63) is 47.7 Å². The van der Waals surface area contributed by atoms with Crippen LogP contribution < -0.4 is 5.32 Å². The van der Waals surface area contributed by atoms with E-state index in [9.17, 15) is 4.79 Å². The van der Waals surface area contributed by atoms with Gasteiger partial charge in [-0.05, 0) is 31.5 Å². The van der Waals surface area contributed by atoms with Crippen LogP contribution in [0, 0.1) is 13.8 Å². The maximum atomic E-state index is 11.7. The van der Waals surface area contributed by atoms with Crippen LogP contribution in [0.15, 0.2) is 35.1 Å². The van der Waals surface area contributed by atoms with Crippen molar-refractivity contribution in [2.24, 2.45) is 0 Å². The summed E-state index contributed by atoms with van der Waals surface area (Å²) in [6.07, 6.45) is 1.56. The Morgan fingerprint density at radius 1 is 1.41 bits per heavy atom. The first kappa shape index (κ1) is 11.4. The van der Waals surface area contributed by atoms with Gasteiger partial charge < -0.3 is 9.73 Å². The van der Waals surface area contributed by atoms with E-state index in [1.165, 1.54) is 6.39 Å². The van der Waals surface area contributed by atoms with Crippen LogP contribution in [0.3, 0.4) is 0 Å². The Balaban J connectivity index is 2.01. The molecule has 0 radical (unpaired) electrons. The monoisotopic (exact) mass is 230 g/mol. The predicted octanol–water partition coefficient (Wildman–Crippen LogP) is 2.47. The van der Waals surface area contributed by atoms with E-state index in [-0.39, 0.29) is 12.3 Å². The number of anilines is 1. The van der Waals surface area contributed by atoms with Crippen LogP contribution in [0.1, 0.15) is 17.0 Å². The van der Waals surface area contributed by atoms with Gasteiger partial charge in [0.25, 0.3) is 0 Å². The highest BCUT2D eigenvalue weighted by atomic mass is 16.3. The van der Waals surface area contributed by atoms with Crippen molar-refractivity contribution in [2.75, 3.05) is 5.32 Å². The summed E-state index contributed by atoms with van der Waals surface area (Å²) in [6.45, 7) is 3.80. The van der Waals surface area contributed by atoms with Gasteiger partial charge in [0.2, 0.25) is 5.91 Å². The highest BCUT2D eigenvalue weighted by molar-refractivity contribution is 5.92. The second-order valence-electron chi connectivity index (χ2n) is 3.96. The molecule has 1 heterocycles. The SMILES string of the molecule is Cc1cccc(NC(=O)Cc2ocnc2C)c1. The van der Waals surface area contributed by atoms with Crippen LogP contribution in [0.4, 0.5) is 5.69 Å². The third-order valence-electron chi connectivity index (χ3n) is 2.47. The molecule has 0 atom stereocenters. The number of benzene rings is 1. The van der Waals surface area contributed by atoms with Crippen LogP contribution in [-0.4, -0.2) is 10.9 Å². The first-order valence-corrected chi connectivity index (χ1v) is 5.40. The standard InChI is InChI=1S/C13H14N2O2/c1-9-4-3-5-11(6-9)15-13(16)7-12-10(2)14-8-17-12/h3-6,8H,7H2,1-2H3,(H,15,16). The number of rotatable bonds is 3. The Kier molecular flexibility index (Phi) is 3.23. The molecule has 4 nitrogen and oxygen atoms in total. The Labute approximate surface area is 99.7 Å². The number of amides is 1. The maximum Gasteiger partial charge on any atom is 0.232 e. The highest BCUT2D eigenvalue weighted by Crippen LogP contribution is 2.11. The number of aromatic nitrogens is 1. The molecule has 1 aromatic heterocycles. The minimum absolute atomic E-state index is 0.101. The van der Waals surface area contributed by atoms with Gasteiger partial charge in [-0.2, -0.15) is 0 Å². The first-order chi connectivity index (χ1) is 8.15. The van der Waals surface area contributed by atoms with E-state index in [0.29, 0.717) is 5.76 Å². The fourth-order valence-corrected chi connectivity index (χ4v) is 1.57. The average Bonchev–Trinajstić information content (AvgIpc) is 2.64. The molecule has 4 heteroatoms. The van der Waals surface area contributed by atoms with Crippen molar-refractivity contribution in [3.63, 3.8) is 0 Å². The number of oxazole rings is 1. The Morgan fingerprint density at radius 2 is 2.24 bits per heavy atom. The normalized spacial score (nSPS) is 10.2. The Morgan fingerprint density at radius 3 is 2.88 bits per heavy atom. The van der Waals surface area contributed by atoms with Gasteiger partial charge in [0, 0.05) is 5.69 Å². The molecule has 0 bridgehead atoms. The summed E-state index contributed by atoms with van der Waals surface area (Å²) in [5.74, 6) is 0.505. The van der Waals surface area contributed by atoms with E-state index in [1.54, 1.807) is 0 Å². The number of nitrogens with zero attached hydrogens (tertiary/aromatic N) is 1. The molecular formula is C13H14N2O2. The second kappa shape index (κ2) is 4.82. The van der Waals surface area contributed by atoms with E-state index < -0.39 is 0 Å². The number of aryl methyl sites for hydroxylation is 2. The lowest BCUT2D eigenvalue weighted by Gasteiger charge is -2.04. The van der Waals surface area contributed by atoms with Crippen molar-refractivity contribution < 1.29 is 9.21 Å². The lowest BCUT2D eigenvalue weighted by atomic mass is 10.2. The minimum Gasteiger partial charge on any atom is -0.448 e. The zero-order valence-corrected chi connectivity index (χ0v) is 9.86. The van der Waals surface area contributed by atoms with Gasteiger partial charge in [-0.3, -0.25) is 4.79 Å². The molecule has 2 rings (SSSR count). The molecule has 1 amide bonds. The van der Waals surface area contributed by atoms with Crippen molar-refractivity contribution in [3.8, 4) is 0 Å². The van der Waals surface area contributed by atoms with Crippen molar-refractivity contribution >= 4 is 11.6 Å². The van der Waals surface area contributed by atoms with Gasteiger partial charge >= 0.3 is 0 Å². The zero-order chi connectivity index (χ0) is 12.3. The molecule has 0 spiro atoms. The number of nitrogens with one attached hydrogen (secondary N) is 1. The molecule has 0 aliphatic rings. The van der Waals surface area contributed by atoms with Crippen LogP contribution in [-0.2, 0) is 11.2 Å². The zero-order valence-electron chi connectivity index (χ0n) is 9.86. The van der Waals surface area contributed by atoms with Crippen molar-refractivity contribution in [1.82, 2.24) is 4.98 Å². The highest BCUT2D eigenvalue weighted by Gasteiger charge is 2.09. The van der Waals surface area contributed by atoms with Crippen LogP contribution in [0.2, 0.25) is 0 Å². The lowest BCUT2D eigenvalue weighted by molar-refractivity contribution is -0.115. The second-order valence-corrected chi connectivity index (χ2v) is 3.96. The molecule has 1 aromatic carbocycles. The van der Waals surface area contributed by atoms with Gasteiger partial charge in [0.1, 0.15) is 5.76 Å². The molecule has 0 saturated heterocycles. The topological polar surface area (TPSA) is 55.1 Å². The van der Waals surface area contributed by atoms with E-state index in [0.717, 1.165) is 16.9 Å². The quantitative estimate of drug-likeness (QED) is 0.881. The largest absolute Gasteiger partial charge is 0.448 e. The molecule has 0 aliphatic carbocycles. The molecule has 0 aliphatic heterocycles. The lowest BCUT2D eigenvalue weighted by Crippen LogP contribution is -2.14. The fraction of sp³-hybridized carbons (Fsp3) is 0.231. The van der Waals surface area contributed by atoms with Gasteiger partial charge in [-0.25, -0.2) is 4.98 Å². The molecule has 0 fully saturated rings. The van der Waals surface area contributed by atoms with E-state index in [2.05, 4.69) is 10.3 Å². The summed E-state index contributed by atoms with van der Waals surface area (Å²) < 4.78 is 5.12. The summed E-state index contributed by atoms with van der Waals surface area (Å²) in [6, 6.07) is 7.67. The maximum absolute atomic E-state index is 11.7. The summed E-state index contributed by atoms with van der Waals surface area (Å²) in [7, 11) is 0. The number of hydrogen-bond donors (Lipinski definition) is 1. The van der Waals surface area contributed by atoms with E-state index in [4.69, 9.17) is 4.42 Å². The van der Waals surface area contributed by atoms with Crippen molar-refractivity contribution in [1.29, 1.82) is 0 Å². The molecule has 17 heavy (non-hydrogen) atoms. The van der Waals surface area contributed by atoms with Crippen LogP contribution >= 0.6 is 0 Å². The average molecular weight is 230 g/mol. The number of carbonyl (C=O) groups is 1. The van der Waals surface area contributed by atoms with Gasteiger partial charge in [0.15, 0.2) is 6.39 Å². The Hall–Kier alpha value is -2.10. The van der Waals surface area contributed by atoms with Gasteiger partial charge in [-0.15, -0.1) is 0 Å². The molecular weight excluding hydrogens is 216 g/mol. The Bertz CT molecular complexity index is 532. The predicted molar refractivity (Wildman–Crippen MR) is 64.8 cm³/mol. The van der Waals surface area contributed by atoms with Gasteiger partial charge in [0.05, 0.1) is 12.1 Å². The summed E-state index contributed by atoms with van der Waals surface area (Å²) in [5, 5.41) is 2.82. The third-order valence-corrected chi connectivity index (χ3v) is 2.47. The van der Waals surface area contributed by atoms with E-state index in [1.807, 2.05) is 38.1 Å². The summed E-state index contributed by atoms with van der Waals surface area (Å²) in [5.41, 5.74) is 2.66. The van der Waals surface area contributed by atoms with Gasteiger partial charge in [-0.1, -0.05) is 12.1 Å². The smallest absolute Gasteiger partial charge is 0.232 e. The van der Waals surface area contributed by atoms with Crippen LogP contribution in [0.5, 0.6) is 0 Å². The van der Waals surface area contributed by atoms with Crippen LogP contribution in [0.25, 0.3) is 0 Å². The number of hydrogen-bond acceptors (Lipinski definition) is 3. The first-order valence-electron chi connectivity index (χ1n) is 5.40. The molecule has 0 saturated carbocycles. The minimum atomic E-state index is -0.101. The third kappa shape index (κ3) is 2.93.